The van der Waals surface area contributed by atoms with E-state index in [2.05, 4.69) is 29.9 Å². The van der Waals surface area contributed by atoms with Crippen molar-refractivity contribution in [3.05, 3.63) is 37.4 Å². The van der Waals surface area contributed by atoms with E-state index in [4.69, 9.17) is 0 Å². The van der Waals surface area contributed by atoms with E-state index < -0.39 is 0 Å². The predicted molar refractivity (Wildman–Crippen MR) is 69.7 cm³/mol. The van der Waals surface area contributed by atoms with Crippen LogP contribution in [0.5, 0.6) is 0 Å². The van der Waals surface area contributed by atoms with E-state index in [-0.39, 0.29) is 5.56 Å². The lowest BCUT2D eigenvalue weighted by atomic mass is 10.2. The Balaban J connectivity index is 2.20. The van der Waals surface area contributed by atoms with Gasteiger partial charge in [-0.1, -0.05) is 0 Å². The lowest BCUT2D eigenvalue weighted by Crippen LogP contribution is -2.15. The minimum atomic E-state index is 0.0470. The molecule has 2 aromatic rings. The number of hydrogen-bond acceptors (Lipinski definition) is 3. The van der Waals surface area contributed by atoms with E-state index in [1.807, 2.05) is 0 Å². The largest absolute Gasteiger partial charge is 0.306 e. The molecule has 2 aromatic heterocycles. The molecule has 0 atom stereocenters. The molecule has 0 radical (unpaired) electrons. The Labute approximate surface area is 104 Å². The molecular weight excluding hydrogens is 232 g/mol. The van der Waals surface area contributed by atoms with Gasteiger partial charge in [0, 0.05) is 20.9 Å². The highest BCUT2D eigenvalue weighted by molar-refractivity contribution is 7.12. The fraction of sp³-hybridized carbons (Fsp3) is 0.385. The molecule has 3 nitrogen and oxygen atoms in total. The van der Waals surface area contributed by atoms with Crippen molar-refractivity contribution in [2.75, 3.05) is 0 Å². The van der Waals surface area contributed by atoms with Crippen molar-refractivity contribution < 1.29 is 0 Å². The minimum Gasteiger partial charge on any atom is -0.306 e. The second-order valence-electron chi connectivity index (χ2n) is 4.52. The number of rotatable bonds is 1. The average Bonchev–Trinajstić information content (AvgIpc) is 2.84. The van der Waals surface area contributed by atoms with Gasteiger partial charge in [-0.2, -0.15) is 0 Å². The molecule has 0 aromatic carbocycles. The molecule has 0 spiro atoms. The molecule has 1 N–H and O–H groups in total. The lowest BCUT2D eigenvalue weighted by Gasteiger charge is -2.03. The molecule has 1 aliphatic carbocycles. The van der Waals surface area contributed by atoms with Gasteiger partial charge in [0.15, 0.2) is 0 Å². The summed E-state index contributed by atoms with van der Waals surface area (Å²) in [6.07, 6.45) is 2.87. The summed E-state index contributed by atoms with van der Waals surface area (Å²) in [5.41, 5.74) is 3.00. The first-order valence-corrected chi connectivity index (χ1v) is 6.66. The van der Waals surface area contributed by atoms with Crippen LogP contribution in [0.15, 0.2) is 10.9 Å². The van der Waals surface area contributed by atoms with E-state index in [1.54, 1.807) is 11.3 Å². The third kappa shape index (κ3) is 1.72. The van der Waals surface area contributed by atoms with Gasteiger partial charge in [0.25, 0.3) is 5.56 Å². The summed E-state index contributed by atoms with van der Waals surface area (Å²) in [5, 5.41) is 0. The molecule has 2 heterocycles. The van der Waals surface area contributed by atoms with Crippen molar-refractivity contribution in [2.24, 2.45) is 0 Å². The van der Waals surface area contributed by atoms with Crippen LogP contribution in [0.1, 0.15) is 27.4 Å². The zero-order valence-corrected chi connectivity index (χ0v) is 10.8. The molecule has 0 fully saturated rings. The van der Waals surface area contributed by atoms with Gasteiger partial charge in [0.05, 0.1) is 5.69 Å². The van der Waals surface area contributed by atoms with E-state index in [0.717, 1.165) is 41.9 Å². The van der Waals surface area contributed by atoms with Crippen molar-refractivity contribution in [3.8, 4) is 11.4 Å². The molecule has 0 aliphatic heterocycles. The molecule has 4 heteroatoms. The molecule has 0 unspecified atom stereocenters. The van der Waals surface area contributed by atoms with Crippen LogP contribution in [0, 0.1) is 13.8 Å². The number of aromatic amines is 1. The topological polar surface area (TPSA) is 45.8 Å². The number of hydrogen-bond donors (Lipinski definition) is 1. The van der Waals surface area contributed by atoms with Gasteiger partial charge >= 0.3 is 0 Å². The number of H-pyrrole nitrogens is 1. The lowest BCUT2D eigenvalue weighted by molar-refractivity contribution is 0.899. The van der Waals surface area contributed by atoms with Crippen molar-refractivity contribution >= 4 is 11.3 Å². The molecule has 0 saturated heterocycles. The molecular formula is C13H14N2OS. The van der Waals surface area contributed by atoms with Gasteiger partial charge in [0.1, 0.15) is 5.82 Å². The van der Waals surface area contributed by atoms with Crippen LogP contribution in [-0.4, -0.2) is 9.97 Å². The Morgan fingerprint density at radius 1 is 1.35 bits per heavy atom. The fourth-order valence-corrected chi connectivity index (χ4v) is 3.36. The quantitative estimate of drug-likeness (QED) is 0.840. The number of aromatic nitrogens is 2. The zero-order chi connectivity index (χ0) is 12.0. The van der Waals surface area contributed by atoms with Crippen molar-refractivity contribution in [1.82, 2.24) is 9.97 Å². The monoisotopic (exact) mass is 246 g/mol. The van der Waals surface area contributed by atoms with E-state index in [1.165, 1.54) is 9.75 Å². The van der Waals surface area contributed by atoms with Crippen LogP contribution in [0.25, 0.3) is 11.4 Å². The number of aryl methyl sites for hydroxylation is 3. The van der Waals surface area contributed by atoms with Gasteiger partial charge in [-0.3, -0.25) is 4.79 Å². The van der Waals surface area contributed by atoms with Gasteiger partial charge in [-0.15, -0.1) is 11.3 Å². The molecule has 17 heavy (non-hydrogen) atoms. The Morgan fingerprint density at radius 3 is 2.88 bits per heavy atom. The highest BCUT2D eigenvalue weighted by atomic mass is 32.1. The first-order valence-electron chi connectivity index (χ1n) is 5.84. The van der Waals surface area contributed by atoms with Crippen molar-refractivity contribution in [1.29, 1.82) is 0 Å². The van der Waals surface area contributed by atoms with Gasteiger partial charge in [0.2, 0.25) is 0 Å². The Kier molecular flexibility index (Phi) is 2.40. The van der Waals surface area contributed by atoms with E-state index >= 15 is 0 Å². The summed E-state index contributed by atoms with van der Waals surface area (Å²) in [7, 11) is 0. The molecule has 1 aliphatic rings. The molecule has 88 valence electrons. The van der Waals surface area contributed by atoms with E-state index in [0.29, 0.717) is 0 Å². The Morgan fingerprint density at radius 2 is 2.18 bits per heavy atom. The summed E-state index contributed by atoms with van der Waals surface area (Å²) >= 11 is 1.74. The van der Waals surface area contributed by atoms with Crippen LogP contribution >= 0.6 is 11.3 Å². The van der Waals surface area contributed by atoms with Gasteiger partial charge < -0.3 is 4.98 Å². The first kappa shape index (κ1) is 10.7. The summed E-state index contributed by atoms with van der Waals surface area (Å²) in [6, 6.07) is 2.10. The van der Waals surface area contributed by atoms with Crippen molar-refractivity contribution in [2.45, 2.75) is 33.1 Å². The van der Waals surface area contributed by atoms with Gasteiger partial charge in [-0.25, -0.2) is 4.98 Å². The fourth-order valence-electron chi connectivity index (χ4n) is 2.44. The second kappa shape index (κ2) is 3.81. The highest BCUT2D eigenvalue weighted by Gasteiger charge is 2.18. The number of thiophene rings is 1. The third-order valence-corrected chi connectivity index (χ3v) is 4.20. The predicted octanol–water partition coefficient (Wildman–Crippen LogP) is 2.60. The SMILES string of the molecule is Cc1cc(-c2nc3c(c(=O)[nH]2)CCC3)c(C)s1. The highest BCUT2D eigenvalue weighted by Crippen LogP contribution is 2.28. The molecule has 0 saturated carbocycles. The molecule has 0 amide bonds. The maximum Gasteiger partial charge on any atom is 0.254 e. The molecule has 0 bridgehead atoms. The number of nitrogens with zero attached hydrogens (tertiary/aromatic N) is 1. The van der Waals surface area contributed by atoms with Crippen LogP contribution in [0.4, 0.5) is 0 Å². The summed E-state index contributed by atoms with van der Waals surface area (Å²) < 4.78 is 0. The van der Waals surface area contributed by atoms with Crippen LogP contribution in [0.2, 0.25) is 0 Å². The Bertz CT molecular complexity index is 639. The number of fused-ring (bicyclic) bond motifs is 1. The van der Waals surface area contributed by atoms with Crippen molar-refractivity contribution in [3.63, 3.8) is 0 Å². The van der Waals surface area contributed by atoms with E-state index in [9.17, 15) is 4.79 Å². The summed E-state index contributed by atoms with van der Waals surface area (Å²) in [4.78, 5) is 21.9. The standard InChI is InChI=1S/C13H14N2OS/c1-7-6-10(8(2)17-7)12-14-11-5-3-4-9(11)13(16)15-12/h6H,3-5H2,1-2H3,(H,14,15,16). The molecule has 3 rings (SSSR count). The third-order valence-electron chi connectivity index (χ3n) is 3.24. The second-order valence-corrected chi connectivity index (χ2v) is 5.98. The maximum atomic E-state index is 11.9. The van der Waals surface area contributed by atoms with Crippen LogP contribution in [0.3, 0.4) is 0 Å². The maximum absolute atomic E-state index is 11.9. The van der Waals surface area contributed by atoms with Crippen LogP contribution < -0.4 is 5.56 Å². The average molecular weight is 246 g/mol. The first-order chi connectivity index (χ1) is 8.15. The van der Waals surface area contributed by atoms with Gasteiger partial charge in [-0.05, 0) is 39.2 Å². The number of nitrogens with one attached hydrogen (secondary N) is 1. The summed E-state index contributed by atoms with van der Waals surface area (Å²) in [5.74, 6) is 0.734. The van der Waals surface area contributed by atoms with Crippen LogP contribution in [-0.2, 0) is 12.8 Å². The smallest absolute Gasteiger partial charge is 0.254 e. The minimum absolute atomic E-state index is 0.0470. The normalized spacial score (nSPS) is 14.0. The Hall–Kier alpha value is -1.42. The zero-order valence-electron chi connectivity index (χ0n) is 9.96. The summed E-state index contributed by atoms with van der Waals surface area (Å²) in [6.45, 7) is 4.15.